The molecule has 1 aliphatic rings. The maximum absolute atomic E-state index is 12.3. The van der Waals surface area contributed by atoms with Gasteiger partial charge >= 0.3 is 0 Å². The van der Waals surface area contributed by atoms with Gasteiger partial charge in [-0.25, -0.2) is 8.42 Å². The largest absolute Gasteiger partial charge is 0.397 e. The van der Waals surface area contributed by atoms with Crippen LogP contribution in [-0.2, 0) is 14.8 Å². The topological polar surface area (TPSA) is 92.5 Å². The smallest absolute Gasteiger partial charge is 0.241 e. The summed E-state index contributed by atoms with van der Waals surface area (Å²) < 4.78 is 27.0. The molecule has 1 aliphatic heterocycles. The van der Waals surface area contributed by atoms with Gasteiger partial charge in [-0.2, -0.15) is 4.72 Å². The average Bonchev–Trinajstić information content (AvgIpc) is 2.67. The van der Waals surface area contributed by atoms with Crippen LogP contribution in [0.15, 0.2) is 17.0 Å². The number of halogens is 1. The van der Waals surface area contributed by atoms with Gasteiger partial charge in [0.25, 0.3) is 0 Å². The molecule has 1 amide bonds. The number of likely N-dealkylation sites (tertiary alicyclic amines) is 1. The van der Waals surface area contributed by atoms with E-state index in [1.54, 1.807) is 14.0 Å². The van der Waals surface area contributed by atoms with Crippen molar-refractivity contribution in [2.24, 2.45) is 0 Å². The molecule has 20 heavy (non-hydrogen) atoms. The van der Waals surface area contributed by atoms with E-state index < -0.39 is 16.1 Å². The standard InChI is InChI=1S/C12H16ClN3O3S/c1-7-5-8(6-9(14)11(7)13)20(18,19)15-10-3-4-16(2)12(10)17/h5-6,10,15H,3-4,14H2,1-2H3. The number of sulfonamides is 1. The number of hydrogen-bond donors (Lipinski definition) is 2. The predicted molar refractivity (Wildman–Crippen MR) is 77.0 cm³/mol. The molecule has 6 nitrogen and oxygen atoms in total. The number of nitrogens with one attached hydrogen (secondary N) is 1. The summed E-state index contributed by atoms with van der Waals surface area (Å²) in [5.74, 6) is -0.229. The van der Waals surface area contributed by atoms with E-state index in [1.165, 1.54) is 17.0 Å². The van der Waals surface area contributed by atoms with Gasteiger partial charge in [-0.15, -0.1) is 0 Å². The molecule has 1 fully saturated rings. The molecule has 8 heteroatoms. The lowest BCUT2D eigenvalue weighted by Gasteiger charge is -2.14. The van der Waals surface area contributed by atoms with Crippen LogP contribution in [0, 0.1) is 6.92 Å². The number of nitrogens with two attached hydrogens (primary N) is 1. The molecule has 0 aromatic heterocycles. The summed E-state index contributed by atoms with van der Waals surface area (Å²) >= 11 is 5.91. The third kappa shape index (κ3) is 2.74. The van der Waals surface area contributed by atoms with Crippen molar-refractivity contribution in [2.45, 2.75) is 24.3 Å². The van der Waals surface area contributed by atoms with Crippen LogP contribution in [0.3, 0.4) is 0 Å². The minimum Gasteiger partial charge on any atom is -0.397 e. The molecular formula is C12H16ClN3O3S. The summed E-state index contributed by atoms with van der Waals surface area (Å²) in [6, 6.07) is 2.01. The van der Waals surface area contributed by atoms with E-state index >= 15 is 0 Å². The van der Waals surface area contributed by atoms with Crippen molar-refractivity contribution in [3.8, 4) is 0 Å². The van der Waals surface area contributed by atoms with Gasteiger partial charge in [-0.05, 0) is 31.0 Å². The van der Waals surface area contributed by atoms with Gasteiger partial charge in [0, 0.05) is 13.6 Å². The molecule has 0 radical (unpaired) electrons. The van der Waals surface area contributed by atoms with Gasteiger partial charge in [-0.3, -0.25) is 4.79 Å². The Hall–Kier alpha value is -1.31. The van der Waals surface area contributed by atoms with Gasteiger partial charge in [0.2, 0.25) is 15.9 Å². The number of likely N-dealkylation sites (N-methyl/N-ethyl adjacent to an activating group) is 1. The summed E-state index contributed by atoms with van der Waals surface area (Å²) in [7, 11) is -2.16. The first-order valence-corrected chi connectivity index (χ1v) is 7.91. The van der Waals surface area contributed by atoms with E-state index in [0.717, 1.165) is 0 Å². The molecule has 0 saturated carbocycles. The van der Waals surface area contributed by atoms with Crippen molar-refractivity contribution < 1.29 is 13.2 Å². The number of amides is 1. The number of hydrogen-bond acceptors (Lipinski definition) is 4. The Labute approximate surface area is 122 Å². The van der Waals surface area contributed by atoms with E-state index in [1.807, 2.05) is 0 Å². The zero-order valence-corrected chi connectivity index (χ0v) is 12.8. The summed E-state index contributed by atoms with van der Waals surface area (Å²) in [5, 5.41) is 0.334. The van der Waals surface area contributed by atoms with E-state index in [-0.39, 0.29) is 16.5 Å². The second-order valence-corrected chi connectivity index (χ2v) is 6.96. The number of nitrogens with zero attached hydrogens (tertiary/aromatic N) is 1. The highest BCUT2D eigenvalue weighted by Crippen LogP contribution is 2.27. The lowest BCUT2D eigenvalue weighted by Crippen LogP contribution is -2.40. The minimum atomic E-state index is -3.80. The number of nitrogen functional groups attached to an aromatic ring is 1. The van der Waals surface area contributed by atoms with Crippen LogP contribution in [0.1, 0.15) is 12.0 Å². The van der Waals surface area contributed by atoms with Crippen LogP contribution in [0.4, 0.5) is 5.69 Å². The van der Waals surface area contributed by atoms with E-state index in [0.29, 0.717) is 23.6 Å². The van der Waals surface area contributed by atoms with Crippen molar-refractivity contribution in [3.05, 3.63) is 22.7 Å². The zero-order valence-electron chi connectivity index (χ0n) is 11.2. The lowest BCUT2D eigenvalue weighted by molar-refractivity contribution is -0.127. The highest BCUT2D eigenvalue weighted by atomic mass is 35.5. The molecule has 0 aliphatic carbocycles. The van der Waals surface area contributed by atoms with E-state index in [9.17, 15) is 13.2 Å². The SMILES string of the molecule is Cc1cc(S(=O)(=O)NC2CCN(C)C2=O)cc(N)c1Cl. The average molecular weight is 318 g/mol. The maximum Gasteiger partial charge on any atom is 0.241 e. The molecule has 0 spiro atoms. The van der Waals surface area contributed by atoms with Crippen molar-refractivity contribution in [2.75, 3.05) is 19.3 Å². The summed E-state index contributed by atoms with van der Waals surface area (Å²) in [4.78, 5) is 13.3. The highest BCUT2D eigenvalue weighted by molar-refractivity contribution is 7.89. The minimum absolute atomic E-state index is 0.0132. The van der Waals surface area contributed by atoms with Gasteiger partial charge in [0.1, 0.15) is 6.04 Å². The van der Waals surface area contributed by atoms with Crippen LogP contribution in [0.25, 0.3) is 0 Å². The van der Waals surface area contributed by atoms with Crippen molar-refractivity contribution >= 4 is 33.2 Å². The fourth-order valence-corrected chi connectivity index (χ4v) is 3.56. The van der Waals surface area contributed by atoms with Crippen molar-refractivity contribution in [1.29, 1.82) is 0 Å². The molecule has 3 N–H and O–H groups in total. The zero-order chi connectivity index (χ0) is 15.1. The fraction of sp³-hybridized carbons (Fsp3) is 0.417. The summed E-state index contributed by atoms with van der Waals surface area (Å²) in [6.45, 7) is 2.21. The fourth-order valence-electron chi connectivity index (χ4n) is 2.10. The van der Waals surface area contributed by atoms with Crippen LogP contribution in [-0.4, -0.2) is 38.9 Å². The normalized spacial score (nSPS) is 19.6. The summed E-state index contributed by atoms with van der Waals surface area (Å²) in [6.07, 6.45) is 0.455. The molecule has 1 saturated heterocycles. The Kier molecular flexibility index (Phi) is 3.95. The van der Waals surface area contributed by atoms with Crippen LogP contribution < -0.4 is 10.5 Å². The molecular weight excluding hydrogens is 302 g/mol. The first kappa shape index (κ1) is 15.1. The Morgan fingerprint density at radius 2 is 2.10 bits per heavy atom. The molecule has 0 bridgehead atoms. The van der Waals surface area contributed by atoms with Gasteiger partial charge in [0.15, 0.2) is 0 Å². The molecule has 1 aromatic rings. The number of aryl methyl sites for hydroxylation is 1. The van der Waals surface area contributed by atoms with Crippen molar-refractivity contribution in [1.82, 2.24) is 9.62 Å². The molecule has 110 valence electrons. The second-order valence-electron chi connectivity index (χ2n) is 4.87. The molecule has 1 atom stereocenters. The lowest BCUT2D eigenvalue weighted by atomic mass is 10.2. The van der Waals surface area contributed by atoms with Gasteiger partial charge in [0.05, 0.1) is 15.6 Å². The van der Waals surface area contributed by atoms with Gasteiger partial charge in [-0.1, -0.05) is 11.6 Å². The number of carbonyl (C=O) groups is 1. The number of rotatable bonds is 3. The van der Waals surface area contributed by atoms with Crippen LogP contribution in [0.5, 0.6) is 0 Å². The second kappa shape index (κ2) is 5.23. The predicted octanol–water partition coefficient (Wildman–Crippen LogP) is 0.740. The van der Waals surface area contributed by atoms with Crippen LogP contribution in [0.2, 0.25) is 5.02 Å². The molecule has 1 heterocycles. The number of benzene rings is 1. The van der Waals surface area contributed by atoms with Crippen LogP contribution >= 0.6 is 11.6 Å². The van der Waals surface area contributed by atoms with E-state index in [2.05, 4.69) is 4.72 Å². The Morgan fingerprint density at radius 1 is 1.45 bits per heavy atom. The van der Waals surface area contributed by atoms with E-state index in [4.69, 9.17) is 17.3 Å². The number of anilines is 1. The Balaban J connectivity index is 2.30. The van der Waals surface area contributed by atoms with Crippen molar-refractivity contribution in [3.63, 3.8) is 0 Å². The van der Waals surface area contributed by atoms with Gasteiger partial charge < -0.3 is 10.6 Å². The number of carbonyl (C=O) groups excluding carboxylic acids is 1. The Bertz CT molecular complexity index is 637. The highest BCUT2D eigenvalue weighted by Gasteiger charge is 2.33. The first-order valence-electron chi connectivity index (χ1n) is 6.05. The molecule has 2 rings (SSSR count). The monoisotopic (exact) mass is 317 g/mol. The third-order valence-electron chi connectivity index (χ3n) is 3.29. The third-order valence-corrected chi connectivity index (χ3v) is 5.26. The Morgan fingerprint density at radius 3 is 2.60 bits per heavy atom. The first-order chi connectivity index (χ1) is 9.22. The summed E-state index contributed by atoms with van der Waals surface area (Å²) in [5.41, 5.74) is 6.44. The quantitative estimate of drug-likeness (QED) is 0.804. The molecule has 1 unspecified atom stereocenters. The maximum atomic E-state index is 12.3. The molecule has 1 aromatic carbocycles.